The van der Waals surface area contributed by atoms with E-state index < -0.39 is 23.2 Å². The number of rotatable bonds is 2. The molecule has 0 saturated heterocycles. The summed E-state index contributed by atoms with van der Waals surface area (Å²) >= 11 is 5.48. The second-order valence-electron chi connectivity index (χ2n) is 2.63. The van der Waals surface area contributed by atoms with E-state index in [4.69, 9.17) is 21.8 Å². The van der Waals surface area contributed by atoms with Gasteiger partial charge in [0.25, 0.3) is 0 Å². The Balaban J connectivity index is 0.000000673. The molecule has 0 aromatic carbocycles. The number of nitrogens with zero attached hydrogens (tertiary/aromatic N) is 1. The Bertz CT molecular complexity index is 395. The summed E-state index contributed by atoms with van der Waals surface area (Å²) in [4.78, 5) is 24.4. The Morgan fingerprint density at radius 2 is 1.81 bits per heavy atom. The molecule has 0 saturated carbocycles. The van der Waals surface area contributed by atoms with Crippen molar-refractivity contribution in [1.82, 2.24) is 10.3 Å². The van der Waals surface area contributed by atoms with Gasteiger partial charge in [0.1, 0.15) is 5.56 Å². The van der Waals surface area contributed by atoms with E-state index in [2.05, 4.69) is 10.3 Å². The van der Waals surface area contributed by atoms with Crippen LogP contribution in [-0.4, -0.2) is 41.2 Å². The smallest absolute Gasteiger partial charge is 0.355 e. The summed E-state index contributed by atoms with van der Waals surface area (Å²) < 4.78 is 0. The molecule has 0 spiro atoms. The Morgan fingerprint density at radius 1 is 1.31 bits per heavy atom. The van der Waals surface area contributed by atoms with Crippen LogP contribution in [0.4, 0.5) is 0 Å². The molecule has 0 fully saturated rings. The second-order valence-corrected chi connectivity index (χ2v) is 3.03. The molecule has 1 aromatic heterocycles. The number of hydrogen-bond donors (Lipinski definition) is 3. The molecule has 1 rings (SSSR count). The van der Waals surface area contributed by atoms with E-state index in [1.165, 1.54) is 6.07 Å². The summed E-state index contributed by atoms with van der Waals surface area (Å²) in [6, 6.07) is 1.22. The molecular weight excluding hydrogens is 236 g/mol. The second kappa shape index (κ2) is 6.76. The maximum atomic E-state index is 10.6. The minimum atomic E-state index is -1.42. The number of nitrogens with one attached hydrogen (secondary N) is 1. The van der Waals surface area contributed by atoms with E-state index >= 15 is 0 Å². The first-order valence-corrected chi connectivity index (χ1v) is 4.53. The first kappa shape index (κ1) is 14.3. The highest BCUT2D eigenvalue weighted by molar-refractivity contribution is 6.34. The molecule has 0 bridgehead atoms. The number of halogens is 1. The monoisotopic (exact) mass is 246 g/mol. The standard InChI is InChI=1S/C7H4ClNO4.C2H7N/c8-3-1-2-9-5(7(12)13)4(3)6(10)11;1-3-2/h1-2H,(H,10,11)(H,12,13);3H,1-2H3. The average molecular weight is 247 g/mol. The highest BCUT2D eigenvalue weighted by atomic mass is 35.5. The first-order chi connectivity index (χ1) is 7.45. The van der Waals surface area contributed by atoms with Gasteiger partial charge in [-0.1, -0.05) is 11.6 Å². The summed E-state index contributed by atoms with van der Waals surface area (Å²) in [6.07, 6.45) is 1.14. The van der Waals surface area contributed by atoms with Gasteiger partial charge in [-0.3, -0.25) is 0 Å². The molecule has 0 unspecified atom stereocenters. The third-order valence-corrected chi connectivity index (χ3v) is 1.63. The zero-order chi connectivity index (χ0) is 12.7. The van der Waals surface area contributed by atoms with Gasteiger partial charge in [0, 0.05) is 6.20 Å². The number of aromatic carboxylic acids is 2. The minimum absolute atomic E-state index is 0.139. The Morgan fingerprint density at radius 3 is 2.12 bits per heavy atom. The lowest BCUT2D eigenvalue weighted by Crippen LogP contribution is -2.10. The third kappa shape index (κ3) is 3.84. The van der Waals surface area contributed by atoms with Crippen LogP contribution >= 0.6 is 11.6 Å². The molecule has 0 amide bonds. The largest absolute Gasteiger partial charge is 0.478 e. The number of pyridine rings is 1. The van der Waals surface area contributed by atoms with Gasteiger partial charge in [0.15, 0.2) is 5.69 Å². The third-order valence-electron chi connectivity index (χ3n) is 1.32. The van der Waals surface area contributed by atoms with E-state index in [-0.39, 0.29) is 5.02 Å². The zero-order valence-electron chi connectivity index (χ0n) is 8.69. The van der Waals surface area contributed by atoms with Crippen LogP contribution in [0.1, 0.15) is 20.8 Å². The van der Waals surface area contributed by atoms with Crippen LogP contribution < -0.4 is 5.32 Å². The van der Waals surface area contributed by atoms with Gasteiger partial charge in [0.05, 0.1) is 5.02 Å². The Hall–Kier alpha value is -1.66. The number of carboxylic acid groups (broad SMARTS) is 2. The fraction of sp³-hybridized carbons (Fsp3) is 0.222. The maximum Gasteiger partial charge on any atom is 0.355 e. The molecule has 7 heteroatoms. The van der Waals surface area contributed by atoms with Gasteiger partial charge in [0.2, 0.25) is 0 Å². The van der Waals surface area contributed by atoms with E-state index in [1.54, 1.807) is 0 Å². The molecule has 88 valence electrons. The van der Waals surface area contributed by atoms with Crippen molar-refractivity contribution in [1.29, 1.82) is 0 Å². The number of carbonyl (C=O) groups is 2. The van der Waals surface area contributed by atoms with E-state index in [0.717, 1.165) is 6.20 Å². The van der Waals surface area contributed by atoms with Gasteiger partial charge < -0.3 is 15.5 Å². The highest BCUT2D eigenvalue weighted by Crippen LogP contribution is 2.17. The average Bonchev–Trinajstić information content (AvgIpc) is 2.17. The number of hydrogen-bond acceptors (Lipinski definition) is 4. The molecular formula is C9H11ClN2O4. The summed E-state index contributed by atoms with van der Waals surface area (Å²) in [7, 11) is 3.75. The summed E-state index contributed by atoms with van der Waals surface area (Å²) in [5.74, 6) is -2.82. The van der Waals surface area contributed by atoms with Crippen molar-refractivity contribution in [3.63, 3.8) is 0 Å². The van der Waals surface area contributed by atoms with Gasteiger partial charge >= 0.3 is 11.9 Å². The maximum absolute atomic E-state index is 10.6. The number of aromatic nitrogens is 1. The predicted octanol–water partition coefficient (Wildman–Crippen LogP) is 0.967. The van der Waals surface area contributed by atoms with Crippen molar-refractivity contribution < 1.29 is 19.8 Å². The van der Waals surface area contributed by atoms with Crippen LogP contribution in [0.2, 0.25) is 5.02 Å². The molecule has 0 aliphatic rings. The predicted molar refractivity (Wildman–Crippen MR) is 58.1 cm³/mol. The van der Waals surface area contributed by atoms with Crippen molar-refractivity contribution in [3.05, 3.63) is 28.5 Å². The van der Waals surface area contributed by atoms with Crippen molar-refractivity contribution in [2.45, 2.75) is 0 Å². The van der Waals surface area contributed by atoms with Crippen LogP contribution in [0.15, 0.2) is 12.3 Å². The normalized spacial score (nSPS) is 8.94. The van der Waals surface area contributed by atoms with Crippen molar-refractivity contribution in [2.75, 3.05) is 14.1 Å². The molecule has 16 heavy (non-hydrogen) atoms. The lowest BCUT2D eigenvalue weighted by atomic mass is 10.2. The summed E-state index contributed by atoms with van der Waals surface area (Å²) in [5.41, 5.74) is -1.04. The van der Waals surface area contributed by atoms with Crippen molar-refractivity contribution in [2.24, 2.45) is 0 Å². The molecule has 3 N–H and O–H groups in total. The summed E-state index contributed by atoms with van der Waals surface area (Å²) in [5, 5.41) is 19.8. The topological polar surface area (TPSA) is 99.5 Å². The lowest BCUT2D eigenvalue weighted by Gasteiger charge is -2.00. The van der Waals surface area contributed by atoms with Gasteiger partial charge in [-0.2, -0.15) is 0 Å². The van der Waals surface area contributed by atoms with Gasteiger partial charge in [-0.15, -0.1) is 0 Å². The van der Waals surface area contributed by atoms with Crippen LogP contribution in [0.3, 0.4) is 0 Å². The van der Waals surface area contributed by atoms with E-state index in [0.29, 0.717) is 0 Å². The van der Waals surface area contributed by atoms with Gasteiger partial charge in [-0.25, -0.2) is 14.6 Å². The minimum Gasteiger partial charge on any atom is -0.478 e. The first-order valence-electron chi connectivity index (χ1n) is 4.15. The summed E-state index contributed by atoms with van der Waals surface area (Å²) in [6.45, 7) is 0. The van der Waals surface area contributed by atoms with Crippen molar-refractivity contribution >= 4 is 23.5 Å². The molecule has 0 atom stereocenters. The van der Waals surface area contributed by atoms with E-state index in [1.807, 2.05) is 14.1 Å². The molecule has 6 nitrogen and oxygen atoms in total. The quantitative estimate of drug-likeness (QED) is 0.719. The van der Waals surface area contributed by atoms with Crippen LogP contribution in [0.5, 0.6) is 0 Å². The Labute approximate surface area is 96.9 Å². The van der Waals surface area contributed by atoms with E-state index in [9.17, 15) is 9.59 Å². The Kier molecular flexibility index (Phi) is 6.06. The number of carboxylic acids is 2. The molecule has 1 heterocycles. The van der Waals surface area contributed by atoms with Crippen LogP contribution in [0.25, 0.3) is 0 Å². The zero-order valence-corrected chi connectivity index (χ0v) is 9.45. The SMILES string of the molecule is CNC.O=C(O)c1nccc(Cl)c1C(=O)O. The highest BCUT2D eigenvalue weighted by Gasteiger charge is 2.20. The van der Waals surface area contributed by atoms with Gasteiger partial charge in [-0.05, 0) is 20.2 Å². The van der Waals surface area contributed by atoms with Crippen molar-refractivity contribution in [3.8, 4) is 0 Å². The molecule has 0 radical (unpaired) electrons. The van der Waals surface area contributed by atoms with Crippen LogP contribution in [0, 0.1) is 0 Å². The molecule has 1 aromatic rings. The fourth-order valence-electron chi connectivity index (χ4n) is 0.804. The molecule has 0 aliphatic heterocycles. The molecule has 0 aliphatic carbocycles. The lowest BCUT2D eigenvalue weighted by molar-refractivity contribution is 0.0646. The fourth-order valence-corrected chi connectivity index (χ4v) is 1.03. The van der Waals surface area contributed by atoms with Crippen LogP contribution in [-0.2, 0) is 0 Å².